The summed E-state index contributed by atoms with van der Waals surface area (Å²) in [6.07, 6.45) is 0. The van der Waals surface area contributed by atoms with Crippen LogP contribution in [-0.4, -0.2) is 37.8 Å². The van der Waals surface area contributed by atoms with Crippen LogP contribution in [0.15, 0.2) is 29.2 Å². The van der Waals surface area contributed by atoms with E-state index in [1.807, 2.05) is 13.0 Å². The van der Waals surface area contributed by atoms with Crippen molar-refractivity contribution < 1.29 is 17.9 Å². The van der Waals surface area contributed by atoms with E-state index in [4.69, 9.17) is 4.74 Å². The van der Waals surface area contributed by atoms with E-state index in [0.717, 1.165) is 11.4 Å². The van der Waals surface area contributed by atoms with Gasteiger partial charge in [-0.05, 0) is 43.7 Å². The number of carbonyl (C=O) groups is 1. The number of hydrogen-bond donors (Lipinski definition) is 2. The molecule has 0 bridgehead atoms. The van der Waals surface area contributed by atoms with Crippen molar-refractivity contribution in [1.82, 2.24) is 19.8 Å². The summed E-state index contributed by atoms with van der Waals surface area (Å²) < 4.78 is 34.5. The third-order valence-electron chi connectivity index (χ3n) is 3.64. The number of hydrogen-bond acceptors (Lipinski definition) is 5. The van der Waals surface area contributed by atoms with E-state index in [9.17, 15) is 13.2 Å². The monoisotopic (exact) mass is 366 g/mol. The standard InChI is InChI=1S/C16H22N4O4S/c1-11-7-14(5-6-15(11)24-10-16(21)17-3)25(22,23)18-9-13-8-12(2)19-20(13)4/h5-8,18H,9-10H2,1-4H3,(H,17,21). The molecule has 0 aliphatic carbocycles. The van der Waals surface area contributed by atoms with E-state index in [2.05, 4.69) is 15.1 Å². The molecule has 0 saturated carbocycles. The van der Waals surface area contributed by atoms with Crippen LogP contribution in [0.25, 0.3) is 0 Å². The van der Waals surface area contributed by atoms with E-state index < -0.39 is 10.0 Å². The van der Waals surface area contributed by atoms with Crippen molar-refractivity contribution in [2.75, 3.05) is 13.7 Å². The van der Waals surface area contributed by atoms with Gasteiger partial charge in [0.15, 0.2) is 6.61 Å². The van der Waals surface area contributed by atoms with Gasteiger partial charge in [-0.25, -0.2) is 13.1 Å². The first-order valence-corrected chi connectivity index (χ1v) is 9.14. The summed E-state index contributed by atoms with van der Waals surface area (Å²) in [6.45, 7) is 3.59. The minimum Gasteiger partial charge on any atom is -0.484 e. The lowest BCUT2D eigenvalue weighted by atomic mass is 10.2. The van der Waals surface area contributed by atoms with Gasteiger partial charge in [-0.2, -0.15) is 5.10 Å². The number of carbonyl (C=O) groups excluding carboxylic acids is 1. The number of ether oxygens (including phenoxy) is 1. The van der Waals surface area contributed by atoms with Gasteiger partial charge < -0.3 is 10.1 Å². The predicted octanol–water partition coefficient (Wildman–Crippen LogP) is 0.640. The summed E-state index contributed by atoms with van der Waals surface area (Å²) in [5, 5.41) is 6.64. The molecule has 8 nitrogen and oxygen atoms in total. The van der Waals surface area contributed by atoms with Gasteiger partial charge in [0.1, 0.15) is 5.75 Å². The van der Waals surface area contributed by atoms with E-state index in [1.165, 1.54) is 19.2 Å². The van der Waals surface area contributed by atoms with Gasteiger partial charge in [-0.3, -0.25) is 9.48 Å². The van der Waals surface area contributed by atoms with Crippen LogP contribution in [0.1, 0.15) is 17.0 Å². The SMILES string of the molecule is CNC(=O)COc1ccc(S(=O)(=O)NCc2cc(C)nn2C)cc1C. The Morgan fingerprint density at radius 3 is 2.56 bits per heavy atom. The Morgan fingerprint density at radius 2 is 2.00 bits per heavy atom. The molecular formula is C16H22N4O4S. The Bertz CT molecular complexity index is 874. The summed E-state index contributed by atoms with van der Waals surface area (Å²) in [5.74, 6) is 0.203. The summed E-state index contributed by atoms with van der Waals surface area (Å²) >= 11 is 0. The zero-order valence-electron chi connectivity index (χ0n) is 14.7. The van der Waals surface area contributed by atoms with E-state index in [-0.39, 0.29) is 24.0 Å². The molecule has 136 valence electrons. The summed E-state index contributed by atoms with van der Waals surface area (Å²) in [4.78, 5) is 11.4. The molecular weight excluding hydrogens is 344 g/mol. The van der Waals surface area contributed by atoms with Gasteiger partial charge in [-0.15, -0.1) is 0 Å². The lowest BCUT2D eigenvalue weighted by Gasteiger charge is -2.11. The maximum Gasteiger partial charge on any atom is 0.257 e. The molecule has 1 aromatic heterocycles. The molecule has 2 N–H and O–H groups in total. The number of rotatable bonds is 7. The molecule has 9 heteroatoms. The highest BCUT2D eigenvalue weighted by Crippen LogP contribution is 2.22. The molecule has 2 aromatic rings. The zero-order chi connectivity index (χ0) is 18.6. The number of aromatic nitrogens is 2. The van der Waals surface area contributed by atoms with Gasteiger partial charge in [0.25, 0.3) is 5.91 Å². The van der Waals surface area contributed by atoms with Crippen LogP contribution in [0, 0.1) is 13.8 Å². The average Bonchev–Trinajstić information content (AvgIpc) is 2.89. The highest BCUT2D eigenvalue weighted by Gasteiger charge is 2.16. The molecule has 0 unspecified atom stereocenters. The van der Waals surface area contributed by atoms with Crippen molar-refractivity contribution in [2.24, 2.45) is 7.05 Å². The molecule has 1 amide bonds. The van der Waals surface area contributed by atoms with E-state index in [0.29, 0.717) is 11.3 Å². The molecule has 1 heterocycles. The Hall–Kier alpha value is -2.39. The number of nitrogens with one attached hydrogen (secondary N) is 2. The molecule has 2 rings (SSSR count). The van der Waals surface area contributed by atoms with Crippen molar-refractivity contribution in [1.29, 1.82) is 0 Å². The van der Waals surface area contributed by atoms with Crippen molar-refractivity contribution in [3.8, 4) is 5.75 Å². The van der Waals surface area contributed by atoms with Gasteiger partial charge >= 0.3 is 0 Å². The topological polar surface area (TPSA) is 102 Å². The van der Waals surface area contributed by atoms with Gasteiger partial charge in [0.05, 0.1) is 22.8 Å². The minimum absolute atomic E-state index is 0.123. The Kier molecular flexibility index (Phi) is 5.81. The molecule has 0 saturated heterocycles. The molecule has 0 atom stereocenters. The van der Waals surface area contributed by atoms with E-state index in [1.54, 1.807) is 24.7 Å². The van der Waals surface area contributed by atoms with Crippen LogP contribution < -0.4 is 14.8 Å². The van der Waals surface area contributed by atoms with Crippen LogP contribution in [0.5, 0.6) is 5.75 Å². The fraction of sp³-hybridized carbons (Fsp3) is 0.375. The molecule has 0 radical (unpaired) electrons. The van der Waals surface area contributed by atoms with Crippen molar-refractivity contribution in [2.45, 2.75) is 25.3 Å². The minimum atomic E-state index is -3.67. The fourth-order valence-electron chi connectivity index (χ4n) is 2.25. The average molecular weight is 366 g/mol. The third kappa shape index (κ3) is 4.80. The zero-order valence-corrected chi connectivity index (χ0v) is 15.5. The Morgan fingerprint density at radius 1 is 1.28 bits per heavy atom. The Balaban J connectivity index is 2.10. The maximum absolute atomic E-state index is 12.5. The van der Waals surface area contributed by atoms with Crippen LogP contribution in [-0.2, 0) is 28.4 Å². The fourth-order valence-corrected chi connectivity index (χ4v) is 3.33. The van der Waals surface area contributed by atoms with Gasteiger partial charge in [0, 0.05) is 14.1 Å². The van der Waals surface area contributed by atoms with Crippen LogP contribution >= 0.6 is 0 Å². The first-order chi connectivity index (χ1) is 11.7. The quantitative estimate of drug-likeness (QED) is 0.749. The second kappa shape index (κ2) is 7.66. The summed E-state index contributed by atoms with van der Waals surface area (Å²) in [7, 11) is -0.386. The Labute approximate surface area is 147 Å². The number of likely N-dealkylation sites (N-methyl/N-ethyl adjacent to an activating group) is 1. The van der Waals surface area contributed by atoms with Crippen molar-refractivity contribution in [3.63, 3.8) is 0 Å². The van der Waals surface area contributed by atoms with Crippen LogP contribution in [0.2, 0.25) is 0 Å². The molecule has 0 spiro atoms. The summed E-state index contributed by atoms with van der Waals surface area (Å²) in [6, 6.07) is 6.32. The van der Waals surface area contributed by atoms with Crippen LogP contribution in [0.3, 0.4) is 0 Å². The first kappa shape index (κ1) is 18.9. The predicted molar refractivity (Wildman–Crippen MR) is 92.7 cm³/mol. The second-order valence-corrected chi connectivity index (χ2v) is 7.38. The first-order valence-electron chi connectivity index (χ1n) is 7.66. The normalized spacial score (nSPS) is 11.4. The van der Waals surface area contributed by atoms with Crippen molar-refractivity contribution >= 4 is 15.9 Å². The van der Waals surface area contributed by atoms with Gasteiger partial charge in [0.2, 0.25) is 10.0 Å². The molecule has 25 heavy (non-hydrogen) atoms. The highest BCUT2D eigenvalue weighted by molar-refractivity contribution is 7.89. The maximum atomic E-state index is 12.5. The number of benzene rings is 1. The second-order valence-electron chi connectivity index (χ2n) is 5.61. The number of sulfonamides is 1. The molecule has 1 aromatic carbocycles. The number of amides is 1. The largest absolute Gasteiger partial charge is 0.484 e. The van der Waals surface area contributed by atoms with E-state index >= 15 is 0 Å². The third-order valence-corrected chi connectivity index (χ3v) is 5.04. The van der Waals surface area contributed by atoms with Crippen molar-refractivity contribution in [3.05, 3.63) is 41.2 Å². The lowest BCUT2D eigenvalue weighted by Crippen LogP contribution is -2.25. The smallest absolute Gasteiger partial charge is 0.257 e. The molecule has 0 fully saturated rings. The molecule has 0 aliphatic heterocycles. The highest BCUT2D eigenvalue weighted by atomic mass is 32.2. The van der Waals surface area contributed by atoms with Crippen LogP contribution in [0.4, 0.5) is 0 Å². The number of nitrogens with zero attached hydrogens (tertiary/aromatic N) is 2. The molecule has 0 aliphatic rings. The van der Waals surface area contributed by atoms with Gasteiger partial charge in [-0.1, -0.05) is 0 Å². The summed E-state index contributed by atoms with van der Waals surface area (Å²) in [5.41, 5.74) is 2.22. The number of aryl methyl sites for hydroxylation is 3. The lowest BCUT2D eigenvalue weighted by molar-refractivity contribution is -0.122.